The third-order valence-electron chi connectivity index (χ3n) is 5.93. The Hall–Kier alpha value is -1.88. The van der Waals surface area contributed by atoms with Crippen LogP contribution in [0.3, 0.4) is 0 Å². The maximum atomic E-state index is 13.4. The van der Waals surface area contributed by atoms with E-state index in [9.17, 15) is 9.59 Å². The summed E-state index contributed by atoms with van der Waals surface area (Å²) in [6, 6.07) is 0.320. The number of amides is 2. The summed E-state index contributed by atoms with van der Waals surface area (Å²) < 4.78 is 0. The molecule has 0 aromatic carbocycles. The number of rotatable bonds is 4. The van der Waals surface area contributed by atoms with Crippen LogP contribution < -0.4 is 16.0 Å². The quantitative estimate of drug-likeness (QED) is 0.617. The number of fused-ring (bicyclic) bond motifs is 1. The summed E-state index contributed by atoms with van der Waals surface area (Å²) in [5.41, 5.74) is -0.360. The highest BCUT2D eigenvalue weighted by Gasteiger charge is 2.69. The van der Waals surface area contributed by atoms with Crippen molar-refractivity contribution < 1.29 is 9.59 Å². The van der Waals surface area contributed by atoms with Gasteiger partial charge in [-0.1, -0.05) is 34.6 Å². The number of thiocarbonyl (C=S) groups is 1. The molecule has 0 bridgehead atoms. The Balaban J connectivity index is 2.28. The molecule has 5 atom stereocenters. The molecule has 0 spiro atoms. The third-order valence-corrected chi connectivity index (χ3v) is 6.25. The van der Waals surface area contributed by atoms with Crippen molar-refractivity contribution in [3.05, 3.63) is 0 Å². The van der Waals surface area contributed by atoms with Crippen LogP contribution in [0.15, 0.2) is 0 Å². The first-order chi connectivity index (χ1) is 12.4. The average Bonchev–Trinajstić information content (AvgIpc) is 2.94. The lowest BCUT2D eigenvalue weighted by Gasteiger charge is -2.38. The van der Waals surface area contributed by atoms with Gasteiger partial charge in [-0.3, -0.25) is 9.59 Å². The first-order valence-electron chi connectivity index (χ1n) is 9.35. The average molecular weight is 394 g/mol. The van der Waals surface area contributed by atoms with Crippen LogP contribution >= 0.6 is 12.2 Å². The van der Waals surface area contributed by atoms with Crippen molar-refractivity contribution in [3.8, 4) is 6.07 Å². The van der Waals surface area contributed by atoms with Crippen LogP contribution in [0.2, 0.25) is 0 Å². The van der Waals surface area contributed by atoms with Crippen LogP contribution in [0, 0.1) is 34.0 Å². The lowest BCUT2D eigenvalue weighted by molar-refractivity contribution is -0.143. The second kappa shape index (κ2) is 7.27. The molecule has 7 nitrogen and oxygen atoms in total. The van der Waals surface area contributed by atoms with Crippen LogP contribution in [-0.2, 0) is 9.59 Å². The molecule has 2 amide bonds. The molecule has 3 N–H and O–H groups in total. The molecule has 2 aliphatic rings. The minimum absolute atomic E-state index is 0.0274. The Kier molecular flexibility index (Phi) is 5.77. The highest BCUT2D eigenvalue weighted by atomic mass is 32.1. The highest BCUT2D eigenvalue weighted by Crippen LogP contribution is 2.65. The largest absolute Gasteiger partial charge is 0.366 e. The van der Waals surface area contributed by atoms with E-state index in [0.717, 1.165) is 0 Å². The molecule has 1 saturated carbocycles. The van der Waals surface area contributed by atoms with E-state index in [0.29, 0.717) is 17.6 Å². The first kappa shape index (κ1) is 21.4. The predicted molar refractivity (Wildman–Crippen MR) is 108 cm³/mol. The molecule has 2 rings (SSSR count). The van der Waals surface area contributed by atoms with E-state index >= 15 is 0 Å². The minimum atomic E-state index is -0.594. The summed E-state index contributed by atoms with van der Waals surface area (Å²) in [4.78, 5) is 28.0. The number of hydrogen-bond donors (Lipinski definition) is 3. The van der Waals surface area contributed by atoms with Crippen LogP contribution in [0.1, 0.15) is 41.5 Å². The van der Waals surface area contributed by atoms with Gasteiger partial charge in [0, 0.05) is 13.6 Å². The number of hydrogen-bond acceptors (Lipinski definition) is 4. The maximum absolute atomic E-state index is 13.4. The number of nitrogens with one attached hydrogen (secondary N) is 3. The van der Waals surface area contributed by atoms with Gasteiger partial charge in [0.05, 0.1) is 6.07 Å². The van der Waals surface area contributed by atoms with Gasteiger partial charge in [-0.05, 0) is 41.8 Å². The van der Waals surface area contributed by atoms with Crippen molar-refractivity contribution >= 4 is 29.1 Å². The van der Waals surface area contributed by atoms with Crippen molar-refractivity contribution in [3.63, 3.8) is 0 Å². The highest BCUT2D eigenvalue weighted by molar-refractivity contribution is 7.80. The fraction of sp³-hybridized carbons (Fsp3) is 0.789. The monoisotopic (exact) mass is 393 g/mol. The molecule has 8 heteroatoms. The molecule has 1 saturated heterocycles. The summed E-state index contributed by atoms with van der Waals surface area (Å²) in [6.07, 6.45) is 0. The Morgan fingerprint density at radius 1 is 1.30 bits per heavy atom. The number of likely N-dealkylation sites (tertiary alicyclic amines) is 1. The van der Waals surface area contributed by atoms with E-state index in [1.54, 1.807) is 18.9 Å². The van der Waals surface area contributed by atoms with Gasteiger partial charge in [-0.25, -0.2) is 0 Å². The van der Waals surface area contributed by atoms with Gasteiger partial charge in [-0.15, -0.1) is 0 Å². The fourth-order valence-corrected chi connectivity index (χ4v) is 4.28. The molecule has 27 heavy (non-hydrogen) atoms. The lowest BCUT2D eigenvalue weighted by Crippen LogP contribution is -2.60. The van der Waals surface area contributed by atoms with E-state index in [4.69, 9.17) is 17.5 Å². The molecule has 150 valence electrons. The van der Waals surface area contributed by atoms with Gasteiger partial charge in [0.1, 0.15) is 18.1 Å². The van der Waals surface area contributed by atoms with Crippen LogP contribution in [-0.4, -0.2) is 53.5 Å². The van der Waals surface area contributed by atoms with Crippen molar-refractivity contribution in [1.29, 1.82) is 5.26 Å². The number of piperidine rings is 1. The van der Waals surface area contributed by atoms with Gasteiger partial charge in [-0.2, -0.15) is 5.26 Å². The molecule has 0 aromatic heterocycles. The SMILES string of the molecule is CNC(=S)N[C@H](C(=O)N1C[C@H]2[C@@H]([C@H]1C(=O)N[C@@H](C)C#N)C2(C)C)C(C)(C)C. The summed E-state index contributed by atoms with van der Waals surface area (Å²) >= 11 is 5.21. The predicted octanol–water partition coefficient (Wildman–Crippen LogP) is 1.01. The van der Waals surface area contributed by atoms with Crippen molar-refractivity contribution in [2.24, 2.45) is 22.7 Å². The number of carbonyl (C=O) groups is 2. The van der Waals surface area contributed by atoms with E-state index in [2.05, 4.69) is 29.8 Å². The second-order valence-electron chi connectivity index (χ2n) is 9.27. The summed E-state index contributed by atoms with van der Waals surface area (Å²) in [5, 5.41) is 18.1. The third kappa shape index (κ3) is 4.03. The van der Waals surface area contributed by atoms with Crippen LogP contribution in [0.5, 0.6) is 0 Å². The fourth-order valence-electron chi connectivity index (χ4n) is 4.16. The second-order valence-corrected chi connectivity index (χ2v) is 9.68. The minimum Gasteiger partial charge on any atom is -0.366 e. The molecule has 0 radical (unpaired) electrons. The zero-order valence-corrected chi connectivity index (χ0v) is 18.0. The molecule has 0 unspecified atom stereocenters. The standard InChI is InChI=1S/C19H31N5O2S/c1-10(8-20)22-15(25)13-12-11(19(12,5)6)9-24(13)16(26)14(18(2,3)4)23-17(27)21-7/h10-14H,9H2,1-7H3,(H,22,25)(H2,21,23,27)/t10-,11-,12-,13-,14+/m0/s1. The molecular formula is C19H31N5O2S. The number of carbonyl (C=O) groups excluding carboxylic acids is 2. The number of nitrogens with zero attached hydrogens (tertiary/aromatic N) is 2. The van der Waals surface area contributed by atoms with Crippen molar-refractivity contribution in [2.45, 2.75) is 59.7 Å². The molecule has 0 aromatic rings. The molecule has 1 aliphatic heterocycles. The Labute approximate surface area is 167 Å². The van der Waals surface area contributed by atoms with Crippen molar-refractivity contribution in [1.82, 2.24) is 20.9 Å². The topological polar surface area (TPSA) is 97.3 Å². The molecule has 2 fully saturated rings. The van der Waals surface area contributed by atoms with Gasteiger partial charge in [0.2, 0.25) is 11.8 Å². The van der Waals surface area contributed by atoms with E-state index in [-0.39, 0.29) is 28.6 Å². The Morgan fingerprint density at radius 2 is 1.89 bits per heavy atom. The Morgan fingerprint density at radius 3 is 2.37 bits per heavy atom. The van der Waals surface area contributed by atoms with Crippen LogP contribution in [0.25, 0.3) is 0 Å². The summed E-state index contributed by atoms with van der Waals surface area (Å²) in [7, 11) is 1.70. The molecular weight excluding hydrogens is 362 g/mol. The maximum Gasteiger partial charge on any atom is 0.246 e. The van der Waals surface area contributed by atoms with E-state index in [1.165, 1.54) is 0 Å². The zero-order chi connectivity index (χ0) is 20.7. The van der Waals surface area contributed by atoms with E-state index < -0.39 is 18.1 Å². The normalized spacial score (nSPS) is 27.6. The zero-order valence-electron chi connectivity index (χ0n) is 17.2. The van der Waals surface area contributed by atoms with Gasteiger partial charge in [0.15, 0.2) is 5.11 Å². The first-order valence-corrected chi connectivity index (χ1v) is 9.75. The number of nitriles is 1. The lowest BCUT2D eigenvalue weighted by atomic mass is 9.85. The Bertz CT molecular complexity index is 679. The van der Waals surface area contributed by atoms with Gasteiger partial charge in [0.25, 0.3) is 0 Å². The summed E-state index contributed by atoms with van der Waals surface area (Å²) in [6.45, 7) is 12.4. The van der Waals surface area contributed by atoms with Crippen molar-refractivity contribution in [2.75, 3.05) is 13.6 Å². The van der Waals surface area contributed by atoms with Gasteiger partial charge >= 0.3 is 0 Å². The summed E-state index contributed by atoms with van der Waals surface area (Å²) in [5.74, 6) is 0.0304. The smallest absolute Gasteiger partial charge is 0.246 e. The van der Waals surface area contributed by atoms with Crippen LogP contribution in [0.4, 0.5) is 0 Å². The van der Waals surface area contributed by atoms with Gasteiger partial charge < -0.3 is 20.9 Å². The molecule has 1 aliphatic carbocycles. The van der Waals surface area contributed by atoms with E-state index in [1.807, 2.05) is 26.8 Å². The molecule has 1 heterocycles.